The molecule has 0 unspecified atom stereocenters. The normalized spacial score (nSPS) is 14.4. The van der Waals surface area contributed by atoms with Gasteiger partial charge in [-0.3, -0.25) is 0 Å². The fraction of sp³-hybridized carbons (Fsp3) is 0.467. The van der Waals surface area contributed by atoms with Gasteiger partial charge in [0.05, 0.1) is 13.7 Å². The molecule has 5 nitrogen and oxygen atoms in total. The highest BCUT2D eigenvalue weighted by Gasteiger charge is 2.12. The highest BCUT2D eigenvalue weighted by molar-refractivity contribution is 5.46. The van der Waals surface area contributed by atoms with Gasteiger partial charge in [0, 0.05) is 18.7 Å². The largest absolute Gasteiger partial charge is 0.497 e. The van der Waals surface area contributed by atoms with Crippen LogP contribution in [0.2, 0.25) is 0 Å². The van der Waals surface area contributed by atoms with Crippen molar-refractivity contribution in [1.29, 1.82) is 0 Å². The monoisotopic (exact) mass is 272 g/mol. The molecule has 0 bridgehead atoms. The van der Waals surface area contributed by atoms with Gasteiger partial charge in [-0.15, -0.1) is 0 Å². The van der Waals surface area contributed by atoms with Gasteiger partial charge in [-0.2, -0.15) is 5.10 Å². The lowest BCUT2D eigenvalue weighted by Gasteiger charge is -2.05. The maximum Gasteiger partial charge on any atom is 0.169 e. The SMILES string of the molecule is COc1ccc(NCc2nc3n(n2)CCCCC3)cc1. The number of aryl methyl sites for hydroxylation is 2. The van der Waals surface area contributed by atoms with Crippen molar-refractivity contribution < 1.29 is 4.74 Å². The number of nitrogens with zero attached hydrogens (tertiary/aromatic N) is 3. The molecule has 0 spiro atoms. The number of methoxy groups -OCH3 is 1. The third-order valence-electron chi connectivity index (χ3n) is 3.60. The van der Waals surface area contributed by atoms with Gasteiger partial charge in [0.15, 0.2) is 5.82 Å². The first-order valence-corrected chi connectivity index (χ1v) is 7.16. The average Bonchev–Trinajstić information content (AvgIpc) is 2.75. The van der Waals surface area contributed by atoms with Crippen molar-refractivity contribution in [2.75, 3.05) is 12.4 Å². The highest BCUT2D eigenvalue weighted by atomic mass is 16.5. The molecule has 1 aromatic carbocycles. The fourth-order valence-electron chi connectivity index (χ4n) is 2.48. The van der Waals surface area contributed by atoms with Gasteiger partial charge >= 0.3 is 0 Å². The van der Waals surface area contributed by atoms with Gasteiger partial charge < -0.3 is 10.1 Å². The summed E-state index contributed by atoms with van der Waals surface area (Å²) in [5.74, 6) is 2.87. The van der Waals surface area contributed by atoms with Crippen LogP contribution in [-0.4, -0.2) is 21.9 Å². The van der Waals surface area contributed by atoms with E-state index in [0.717, 1.165) is 36.1 Å². The van der Waals surface area contributed by atoms with Gasteiger partial charge in [0.2, 0.25) is 0 Å². The first-order valence-electron chi connectivity index (χ1n) is 7.16. The third-order valence-corrected chi connectivity index (χ3v) is 3.60. The number of aromatic nitrogens is 3. The van der Waals surface area contributed by atoms with Crippen molar-refractivity contribution >= 4 is 5.69 Å². The zero-order chi connectivity index (χ0) is 13.8. The summed E-state index contributed by atoms with van der Waals surface area (Å²) in [5, 5.41) is 7.92. The number of rotatable bonds is 4. The topological polar surface area (TPSA) is 52.0 Å². The van der Waals surface area contributed by atoms with E-state index in [4.69, 9.17) is 4.74 Å². The van der Waals surface area contributed by atoms with Crippen molar-refractivity contribution in [3.63, 3.8) is 0 Å². The van der Waals surface area contributed by atoms with Gasteiger partial charge in [-0.1, -0.05) is 6.42 Å². The Morgan fingerprint density at radius 2 is 2.05 bits per heavy atom. The lowest BCUT2D eigenvalue weighted by molar-refractivity contribution is 0.415. The average molecular weight is 272 g/mol. The van der Waals surface area contributed by atoms with Gasteiger partial charge in [0.1, 0.15) is 11.6 Å². The van der Waals surface area contributed by atoms with Gasteiger partial charge in [-0.05, 0) is 37.1 Å². The molecule has 2 aromatic rings. The Morgan fingerprint density at radius 1 is 1.20 bits per heavy atom. The molecule has 2 heterocycles. The van der Waals surface area contributed by atoms with Crippen LogP contribution >= 0.6 is 0 Å². The number of fused-ring (bicyclic) bond motifs is 1. The maximum atomic E-state index is 5.14. The molecule has 20 heavy (non-hydrogen) atoms. The molecule has 0 radical (unpaired) electrons. The molecular formula is C15H20N4O. The van der Waals surface area contributed by atoms with E-state index in [9.17, 15) is 0 Å². The number of hydrogen-bond donors (Lipinski definition) is 1. The predicted molar refractivity (Wildman–Crippen MR) is 77.9 cm³/mol. The molecular weight excluding hydrogens is 252 g/mol. The Balaban J connectivity index is 1.63. The Morgan fingerprint density at radius 3 is 2.85 bits per heavy atom. The summed E-state index contributed by atoms with van der Waals surface area (Å²) in [6.45, 7) is 1.66. The van der Waals surface area contributed by atoms with Crippen LogP contribution in [-0.2, 0) is 19.5 Å². The summed E-state index contributed by atoms with van der Waals surface area (Å²) in [6, 6.07) is 7.88. The van der Waals surface area contributed by atoms with Crippen LogP contribution in [0.1, 0.15) is 30.9 Å². The lowest BCUT2D eigenvalue weighted by atomic mass is 10.2. The summed E-state index contributed by atoms with van der Waals surface area (Å²) in [5.41, 5.74) is 1.05. The summed E-state index contributed by atoms with van der Waals surface area (Å²) in [6.07, 6.45) is 4.77. The molecule has 1 aliphatic rings. The van der Waals surface area contributed by atoms with Crippen LogP contribution in [0.5, 0.6) is 5.75 Å². The zero-order valence-electron chi connectivity index (χ0n) is 11.8. The maximum absolute atomic E-state index is 5.14. The number of ether oxygens (including phenoxy) is 1. The van der Waals surface area contributed by atoms with Crippen LogP contribution in [0.3, 0.4) is 0 Å². The molecule has 0 amide bonds. The molecule has 0 aliphatic carbocycles. The zero-order valence-corrected chi connectivity index (χ0v) is 11.8. The molecule has 1 N–H and O–H groups in total. The van der Waals surface area contributed by atoms with E-state index in [1.54, 1.807) is 7.11 Å². The van der Waals surface area contributed by atoms with Crippen molar-refractivity contribution in [3.8, 4) is 5.75 Å². The molecule has 1 aliphatic heterocycles. The van der Waals surface area contributed by atoms with E-state index in [0.29, 0.717) is 6.54 Å². The lowest BCUT2D eigenvalue weighted by Crippen LogP contribution is -2.04. The minimum absolute atomic E-state index is 0.659. The van der Waals surface area contributed by atoms with E-state index < -0.39 is 0 Å². The second-order valence-electron chi connectivity index (χ2n) is 5.06. The van der Waals surface area contributed by atoms with E-state index in [1.165, 1.54) is 19.3 Å². The number of anilines is 1. The minimum atomic E-state index is 0.659. The number of benzene rings is 1. The molecule has 0 saturated carbocycles. The minimum Gasteiger partial charge on any atom is -0.497 e. The second kappa shape index (κ2) is 5.94. The first kappa shape index (κ1) is 13.0. The van der Waals surface area contributed by atoms with Crippen LogP contribution in [0.4, 0.5) is 5.69 Å². The molecule has 1 aromatic heterocycles. The van der Waals surface area contributed by atoms with Crippen molar-refractivity contribution in [2.45, 2.75) is 38.8 Å². The molecule has 0 atom stereocenters. The van der Waals surface area contributed by atoms with E-state index >= 15 is 0 Å². The smallest absolute Gasteiger partial charge is 0.169 e. The summed E-state index contributed by atoms with van der Waals surface area (Å²) >= 11 is 0. The standard InChI is InChI=1S/C15H20N4O/c1-20-13-8-6-12(7-9-13)16-11-14-17-15-5-3-2-4-10-19(15)18-14/h6-9,16H,2-5,10-11H2,1H3. The Labute approximate surface area is 119 Å². The van der Waals surface area contributed by atoms with Crippen LogP contribution < -0.4 is 10.1 Å². The van der Waals surface area contributed by atoms with Crippen molar-refractivity contribution in [2.24, 2.45) is 0 Å². The second-order valence-corrected chi connectivity index (χ2v) is 5.06. The number of nitrogens with one attached hydrogen (secondary N) is 1. The summed E-state index contributed by atoms with van der Waals surface area (Å²) in [7, 11) is 1.67. The Hall–Kier alpha value is -2.04. The Kier molecular flexibility index (Phi) is 3.85. The van der Waals surface area contributed by atoms with Crippen LogP contribution in [0.25, 0.3) is 0 Å². The van der Waals surface area contributed by atoms with Crippen LogP contribution in [0.15, 0.2) is 24.3 Å². The quantitative estimate of drug-likeness (QED) is 0.929. The van der Waals surface area contributed by atoms with Crippen LogP contribution in [0, 0.1) is 0 Å². The molecule has 0 saturated heterocycles. The first-order chi connectivity index (χ1) is 9.85. The molecule has 3 rings (SSSR count). The predicted octanol–water partition coefficient (Wildman–Crippen LogP) is 2.63. The van der Waals surface area contributed by atoms with Gasteiger partial charge in [-0.25, -0.2) is 9.67 Å². The molecule has 5 heteroatoms. The number of hydrogen-bond acceptors (Lipinski definition) is 4. The fourth-order valence-corrected chi connectivity index (χ4v) is 2.48. The molecule has 106 valence electrons. The van der Waals surface area contributed by atoms with Gasteiger partial charge in [0.25, 0.3) is 0 Å². The Bertz CT molecular complexity index is 538. The summed E-state index contributed by atoms with van der Waals surface area (Å²) < 4.78 is 7.21. The third kappa shape index (κ3) is 2.92. The molecule has 0 fully saturated rings. The highest BCUT2D eigenvalue weighted by Crippen LogP contribution is 2.16. The van der Waals surface area contributed by atoms with E-state index in [2.05, 4.69) is 20.1 Å². The van der Waals surface area contributed by atoms with E-state index in [-0.39, 0.29) is 0 Å². The van der Waals surface area contributed by atoms with Crippen molar-refractivity contribution in [3.05, 3.63) is 35.9 Å². The van der Waals surface area contributed by atoms with Crippen molar-refractivity contribution in [1.82, 2.24) is 14.8 Å². The van der Waals surface area contributed by atoms with E-state index in [1.807, 2.05) is 24.3 Å². The summed E-state index contributed by atoms with van der Waals surface area (Å²) in [4.78, 5) is 4.62.